The number of sulfonamides is 1. The van der Waals surface area contributed by atoms with E-state index >= 15 is 0 Å². The number of hydrogen-bond acceptors (Lipinski definition) is 4. The van der Waals surface area contributed by atoms with Crippen LogP contribution in [0, 0.1) is 6.92 Å². The van der Waals surface area contributed by atoms with Crippen molar-refractivity contribution in [2.45, 2.75) is 24.3 Å². The summed E-state index contributed by atoms with van der Waals surface area (Å²) in [4.78, 5) is 11.1. The summed E-state index contributed by atoms with van der Waals surface area (Å²) in [6, 6.07) is 5.19. The standard InChI is InChI=1S/C12H17NO5S/c1-9-5-3-4-6-11(9)19(16,17)13-10(12(14)15)7-8-18-2/h3-6,10,13H,7-8H2,1-2H3,(H,14,15). The van der Waals surface area contributed by atoms with Gasteiger partial charge in [-0.25, -0.2) is 8.42 Å². The van der Waals surface area contributed by atoms with E-state index in [1.165, 1.54) is 13.2 Å². The zero-order valence-corrected chi connectivity index (χ0v) is 11.6. The van der Waals surface area contributed by atoms with Crippen LogP contribution in [0.5, 0.6) is 0 Å². The van der Waals surface area contributed by atoms with Gasteiger partial charge in [-0.1, -0.05) is 18.2 Å². The number of nitrogens with one attached hydrogen (secondary N) is 1. The van der Waals surface area contributed by atoms with Crippen molar-refractivity contribution in [3.63, 3.8) is 0 Å². The first kappa shape index (κ1) is 15.6. The van der Waals surface area contributed by atoms with Crippen molar-refractivity contribution in [1.82, 2.24) is 4.72 Å². The SMILES string of the molecule is COCCC(NS(=O)(=O)c1ccccc1C)C(=O)O. The summed E-state index contributed by atoms with van der Waals surface area (Å²) in [5, 5.41) is 9.00. The van der Waals surface area contributed by atoms with Crippen molar-refractivity contribution in [3.8, 4) is 0 Å². The number of carboxylic acid groups (broad SMARTS) is 1. The van der Waals surface area contributed by atoms with Crippen LogP contribution < -0.4 is 4.72 Å². The van der Waals surface area contributed by atoms with Crippen molar-refractivity contribution in [3.05, 3.63) is 29.8 Å². The highest BCUT2D eigenvalue weighted by Crippen LogP contribution is 2.14. The number of aryl methyl sites for hydroxylation is 1. The lowest BCUT2D eigenvalue weighted by molar-refractivity contribution is -0.139. The number of rotatable bonds is 7. The zero-order valence-electron chi connectivity index (χ0n) is 10.8. The summed E-state index contributed by atoms with van der Waals surface area (Å²) in [7, 11) is -2.43. The molecule has 0 heterocycles. The highest BCUT2D eigenvalue weighted by Gasteiger charge is 2.25. The molecule has 0 spiro atoms. The minimum Gasteiger partial charge on any atom is -0.480 e. The smallest absolute Gasteiger partial charge is 0.321 e. The van der Waals surface area contributed by atoms with E-state index in [2.05, 4.69) is 4.72 Å². The molecule has 0 fully saturated rings. The Hall–Kier alpha value is -1.44. The van der Waals surface area contributed by atoms with Gasteiger partial charge in [0.25, 0.3) is 0 Å². The van der Waals surface area contributed by atoms with E-state index in [1.54, 1.807) is 25.1 Å². The molecular weight excluding hydrogens is 270 g/mol. The lowest BCUT2D eigenvalue weighted by Crippen LogP contribution is -2.41. The van der Waals surface area contributed by atoms with Crippen LogP contribution in [-0.4, -0.2) is 39.3 Å². The third-order valence-electron chi connectivity index (χ3n) is 2.59. The molecule has 1 unspecified atom stereocenters. The van der Waals surface area contributed by atoms with Gasteiger partial charge in [-0.15, -0.1) is 0 Å². The molecule has 7 heteroatoms. The number of carboxylic acids is 1. The highest BCUT2D eigenvalue weighted by atomic mass is 32.2. The van der Waals surface area contributed by atoms with Gasteiger partial charge in [-0.2, -0.15) is 4.72 Å². The summed E-state index contributed by atoms with van der Waals surface area (Å²) in [6.07, 6.45) is 0.0664. The van der Waals surface area contributed by atoms with Crippen LogP contribution in [0.1, 0.15) is 12.0 Å². The maximum absolute atomic E-state index is 12.1. The molecule has 0 aliphatic carbocycles. The Morgan fingerprint density at radius 1 is 1.42 bits per heavy atom. The maximum Gasteiger partial charge on any atom is 0.321 e. The minimum absolute atomic E-state index is 0.0664. The van der Waals surface area contributed by atoms with Crippen LogP contribution in [0.4, 0.5) is 0 Å². The second-order valence-corrected chi connectivity index (χ2v) is 5.74. The van der Waals surface area contributed by atoms with Crippen molar-refractivity contribution >= 4 is 16.0 Å². The van der Waals surface area contributed by atoms with Crippen molar-refractivity contribution in [2.75, 3.05) is 13.7 Å². The third-order valence-corrected chi connectivity index (χ3v) is 4.22. The van der Waals surface area contributed by atoms with Crippen LogP contribution in [-0.2, 0) is 19.6 Å². The normalized spacial score (nSPS) is 13.2. The van der Waals surface area contributed by atoms with Gasteiger partial charge in [0.05, 0.1) is 4.90 Å². The highest BCUT2D eigenvalue weighted by molar-refractivity contribution is 7.89. The fourth-order valence-electron chi connectivity index (χ4n) is 1.58. The van der Waals surface area contributed by atoms with Crippen LogP contribution in [0.3, 0.4) is 0 Å². The minimum atomic E-state index is -3.85. The van der Waals surface area contributed by atoms with E-state index in [0.717, 1.165) is 0 Å². The van der Waals surface area contributed by atoms with Gasteiger partial charge in [-0.05, 0) is 25.0 Å². The van der Waals surface area contributed by atoms with E-state index in [9.17, 15) is 13.2 Å². The molecular formula is C12H17NO5S. The van der Waals surface area contributed by atoms with E-state index in [4.69, 9.17) is 9.84 Å². The second kappa shape index (κ2) is 6.65. The Bertz CT molecular complexity index is 541. The molecule has 19 heavy (non-hydrogen) atoms. The number of benzene rings is 1. The van der Waals surface area contributed by atoms with E-state index < -0.39 is 22.0 Å². The quantitative estimate of drug-likeness (QED) is 0.772. The Morgan fingerprint density at radius 2 is 2.05 bits per heavy atom. The van der Waals surface area contributed by atoms with Crippen LogP contribution in [0.15, 0.2) is 29.2 Å². The molecule has 106 valence electrons. The second-order valence-electron chi connectivity index (χ2n) is 4.06. The van der Waals surface area contributed by atoms with Gasteiger partial charge in [0, 0.05) is 13.7 Å². The van der Waals surface area contributed by atoms with Gasteiger partial charge in [0.2, 0.25) is 10.0 Å². The first-order chi connectivity index (χ1) is 8.88. The molecule has 0 aliphatic heterocycles. The predicted molar refractivity (Wildman–Crippen MR) is 69.4 cm³/mol. The van der Waals surface area contributed by atoms with Crippen molar-refractivity contribution in [2.24, 2.45) is 0 Å². The van der Waals surface area contributed by atoms with Crippen molar-refractivity contribution < 1.29 is 23.1 Å². The number of hydrogen-bond donors (Lipinski definition) is 2. The Kier molecular flexibility index (Phi) is 5.46. The molecule has 0 bridgehead atoms. The van der Waals surface area contributed by atoms with Crippen LogP contribution >= 0.6 is 0 Å². The summed E-state index contributed by atoms with van der Waals surface area (Å²) >= 11 is 0. The first-order valence-corrected chi connectivity index (χ1v) is 7.16. The van der Waals surface area contributed by atoms with Crippen LogP contribution in [0.25, 0.3) is 0 Å². The molecule has 1 rings (SSSR count). The number of aliphatic carboxylic acids is 1. The fourth-order valence-corrected chi connectivity index (χ4v) is 3.05. The van der Waals surface area contributed by atoms with Crippen LogP contribution in [0.2, 0.25) is 0 Å². The average Bonchev–Trinajstić information content (AvgIpc) is 2.34. The monoisotopic (exact) mass is 287 g/mol. The molecule has 0 saturated carbocycles. The van der Waals surface area contributed by atoms with Gasteiger partial charge >= 0.3 is 5.97 Å². The largest absolute Gasteiger partial charge is 0.480 e. The average molecular weight is 287 g/mol. The third kappa shape index (κ3) is 4.30. The molecule has 0 aromatic heterocycles. The molecule has 1 atom stereocenters. The Labute approximate surface area is 112 Å². The Morgan fingerprint density at radius 3 is 2.58 bits per heavy atom. The predicted octanol–water partition coefficient (Wildman–Crippen LogP) is 0.763. The number of methoxy groups -OCH3 is 1. The van der Waals surface area contributed by atoms with E-state index in [-0.39, 0.29) is 17.9 Å². The molecule has 2 N–H and O–H groups in total. The van der Waals surface area contributed by atoms with E-state index in [1.807, 2.05) is 0 Å². The number of carbonyl (C=O) groups is 1. The lowest BCUT2D eigenvalue weighted by atomic mass is 10.2. The fraction of sp³-hybridized carbons (Fsp3) is 0.417. The topological polar surface area (TPSA) is 92.7 Å². The van der Waals surface area contributed by atoms with E-state index in [0.29, 0.717) is 5.56 Å². The molecule has 0 amide bonds. The first-order valence-electron chi connectivity index (χ1n) is 5.68. The Balaban J connectivity index is 2.95. The molecule has 1 aromatic carbocycles. The molecule has 0 aliphatic rings. The van der Waals surface area contributed by atoms with Gasteiger partial charge in [0.1, 0.15) is 6.04 Å². The zero-order chi connectivity index (χ0) is 14.5. The molecule has 0 radical (unpaired) electrons. The molecule has 1 aromatic rings. The molecule has 6 nitrogen and oxygen atoms in total. The lowest BCUT2D eigenvalue weighted by Gasteiger charge is -2.15. The van der Waals surface area contributed by atoms with Crippen molar-refractivity contribution in [1.29, 1.82) is 0 Å². The van der Waals surface area contributed by atoms with Gasteiger partial charge in [0.15, 0.2) is 0 Å². The number of ether oxygens (including phenoxy) is 1. The summed E-state index contributed by atoms with van der Waals surface area (Å²) in [5.41, 5.74) is 0.561. The molecule has 0 saturated heterocycles. The summed E-state index contributed by atoms with van der Waals surface area (Å²) < 4.78 is 31.2. The summed E-state index contributed by atoms with van der Waals surface area (Å²) in [6.45, 7) is 1.81. The summed E-state index contributed by atoms with van der Waals surface area (Å²) in [5.74, 6) is -1.23. The van der Waals surface area contributed by atoms with Gasteiger partial charge in [-0.3, -0.25) is 4.79 Å². The van der Waals surface area contributed by atoms with Gasteiger partial charge < -0.3 is 9.84 Å². The maximum atomic E-state index is 12.1.